The standard InChI is InChI=1S/C24H27N5O2S/c1-5-20(30)28-7-6-16(11-28)29-12-17(21-23(25)26-14(3)27-24(21)29)19-10-15-8-13(2)9-18(31-4)22(15)32-19/h5,8,10,12,16,18H,1,6-7,9,11H2,2-4H3,(H2,25,26,27). The van der Waals surface area contributed by atoms with Gasteiger partial charge in [-0.2, -0.15) is 0 Å². The van der Waals surface area contributed by atoms with E-state index in [-0.39, 0.29) is 18.1 Å². The molecule has 2 atom stereocenters. The second kappa shape index (κ2) is 7.86. The Bertz CT molecular complexity index is 1270. The van der Waals surface area contributed by atoms with Gasteiger partial charge in [-0.3, -0.25) is 4.79 Å². The summed E-state index contributed by atoms with van der Waals surface area (Å²) in [6.45, 7) is 8.96. The number of aromatic nitrogens is 3. The van der Waals surface area contributed by atoms with E-state index in [0.717, 1.165) is 34.3 Å². The van der Waals surface area contributed by atoms with Gasteiger partial charge in [0.1, 0.15) is 17.3 Å². The molecule has 5 rings (SSSR count). The van der Waals surface area contributed by atoms with Gasteiger partial charge in [-0.05, 0) is 44.4 Å². The van der Waals surface area contributed by atoms with Gasteiger partial charge in [-0.25, -0.2) is 9.97 Å². The van der Waals surface area contributed by atoms with Crippen LogP contribution < -0.4 is 5.73 Å². The summed E-state index contributed by atoms with van der Waals surface area (Å²) < 4.78 is 7.95. The number of rotatable bonds is 4. The van der Waals surface area contributed by atoms with Crippen LogP contribution in [0.1, 0.15) is 48.2 Å². The number of amides is 1. The number of ether oxygens (including phenoxy) is 1. The number of carbonyl (C=O) groups excluding carboxylic acids is 1. The number of nitrogens with two attached hydrogens (primary N) is 1. The zero-order chi connectivity index (χ0) is 22.6. The SMILES string of the molecule is C=CC(=O)N1CCC(n2cc(-c3cc4c(s3)C(OC)CC(C)=C4)c3c(N)nc(C)nc32)C1. The summed E-state index contributed by atoms with van der Waals surface area (Å²) in [6.07, 6.45) is 7.60. The highest BCUT2D eigenvalue weighted by Gasteiger charge is 2.30. The quantitative estimate of drug-likeness (QED) is 0.593. The number of carbonyl (C=O) groups is 1. The maximum absolute atomic E-state index is 12.1. The third kappa shape index (κ3) is 3.34. The Morgan fingerprint density at radius 2 is 2.19 bits per heavy atom. The number of nitrogen functional groups attached to an aromatic ring is 1. The maximum atomic E-state index is 12.1. The molecule has 0 spiro atoms. The van der Waals surface area contributed by atoms with E-state index >= 15 is 0 Å². The van der Waals surface area contributed by atoms with Crippen molar-refractivity contribution in [2.45, 2.75) is 38.8 Å². The number of thiophene rings is 1. The first-order chi connectivity index (χ1) is 15.4. The summed E-state index contributed by atoms with van der Waals surface area (Å²) in [4.78, 5) is 25.5. The van der Waals surface area contributed by atoms with Crippen molar-refractivity contribution in [2.24, 2.45) is 0 Å². The van der Waals surface area contributed by atoms with Crippen LogP contribution in [0.25, 0.3) is 27.6 Å². The van der Waals surface area contributed by atoms with E-state index in [1.165, 1.54) is 22.1 Å². The molecule has 166 valence electrons. The fourth-order valence-corrected chi connectivity index (χ4v) is 6.10. The Morgan fingerprint density at radius 3 is 2.94 bits per heavy atom. The van der Waals surface area contributed by atoms with E-state index in [0.29, 0.717) is 24.7 Å². The zero-order valence-electron chi connectivity index (χ0n) is 18.6. The molecule has 3 aromatic heterocycles. The highest BCUT2D eigenvalue weighted by molar-refractivity contribution is 7.16. The molecule has 3 aromatic rings. The van der Waals surface area contributed by atoms with Crippen LogP contribution in [0.4, 0.5) is 5.82 Å². The van der Waals surface area contributed by atoms with Gasteiger partial charge < -0.3 is 19.9 Å². The summed E-state index contributed by atoms with van der Waals surface area (Å²) >= 11 is 1.74. The number of anilines is 1. The van der Waals surface area contributed by atoms with Crippen LogP contribution in [0, 0.1) is 6.92 Å². The highest BCUT2D eigenvalue weighted by atomic mass is 32.1. The molecule has 0 bridgehead atoms. The van der Waals surface area contributed by atoms with Gasteiger partial charge in [0.15, 0.2) is 0 Å². The molecule has 1 fully saturated rings. The average Bonchev–Trinajstić information content (AvgIpc) is 3.48. The lowest BCUT2D eigenvalue weighted by Crippen LogP contribution is -2.27. The van der Waals surface area contributed by atoms with Crippen LogP contribution in [-0.4, -0.2) is 45.5 Å². The van der Waals surface area contributed by atoms with Crippen molar-refractivity contribution in [3.05, 3.63) is 46.8 Å². The van der Waals surface area contributed by atoms with Crippen LogP contribution in [0.5, 0.6) is 0 Å². The summed E-state index contributed by atoms with van der Waals surface area (Å²) in [6, 6.07) is 2.35. The topological polar surface area (TPSA) is 86.3 Å². The molecule has 1 saturated heterocycles. The van der Waals surface area contributed by atoms with Crippen LogP contribution in [0.3, 0.4) is 0 Å². The van der Waals surface area contributed by atoms with Crippen molar-refractivity contribution < 1.29 is 9.53 Å². The first kappa shape index (κ1) is 20.9. The predicted octanol–water partition coefficient (Wildman–Crippen LogP) is 4.50. The Balaban J connectivity index is 1.64. The van der Waals surface area contributed by atoms with Gasteiger partial charge in [0, 0.05) is 41.7 Å². The minimum absolute atomic E-state index is 0.0341. The molecular formula is C24H27N5O2S. The van der Waals surface area contributed by atoms with E-state index in [4.69, 9.17) is 15.5 Å². The summed E-state index contributed by atoms with van der Waals surface area (Å²) in [7, 11) is 1.77. The second-order valence-electron chi connectivity index (χ2n) is 8.58. The number of nitrogens with zero attached hydrogens (tertiary/aromatic N) is 4. The molecule has 2 unspecified atom stereocenters. The molecule has 0 saturated carbocycles. The van der Waals surface area contributed by atoms with Crippen molar-refractivity contribution >= 4 is 40.2 Å². The normalized spacial score (nSPS) is 20.5. The lowest BCUT2D eigenvalue weighted by atomic mass is 9.97. The lowest BCUT2D eigenvalue weighted by Gasteiger charge is -2.19. The number of aryl methyl sites for hydroxylation is 1. The van der Waals surface area contributed by atoms with Crippen molar-refractivity contribution in [3.63, 3.8) is 0 Å². The number of methoxy groups -OCH3 is 1. The van der Waals surface area contributed by atoms with Gasteiger partial charge in [0.05, 0.1) is 17.5 Å². The van der Waals surface area contributed by atoms with Crippen LogP contribution in [0.15, 0.2) is 30.5 Å². The summed E-state index contributed by atoms with van der Waals surface area (Å²) in [5, 5.41) is 0.873. The fourth-order valence-electron chi connectivity index (χ4n) is 4.87. The maximum Gasteiger partial charge on any atom is 0.246 e. The third-order valence-electron chi connectivity index (χ3n) is 6.40. The van der Waals surface area contributed by atoms with Crippen molar-refractivity contribution in [2.75, 3.05) is 25.9 Å². The number of hydrogen-bond donors (Lipinski definition) is 1. The Morgan fingerprint density at radius 1 is 1.38 bits per heavy atom. The monoisotopic (exact) mass is 449 g/mol. The van der Waals surface area contributed by atoms with Crippen LogP contribution >= 0.6 is 11.3 Å². The van der Waals surface area contributed by atoms with E-state index in [2.05, 4.69) is 41.4 Å². The molecule has 1 aliphatic heterocycles. The van der Waals surface area contributed by atoms with Crippen molar-refractivity contribution in [1.29, 1.82) is 0 Å². The molecular weight excluding hydrogens is 422 g/mol. The van der Waals surface area contributed by atoms with Gasteiger partial charge in [-0.1, -0.05) is 18.2 Å². The van der Waals surface area contributed by atoms with E-state index in [9.17, 15) is 4.79 Å². The first-order valence-electron chi connectivity index (χ1n) is 10.8. The van der Waals surface area contributed by atoms with Crippen molar-refractivity contribution in [3.8, 4) is 10.4 Å². The highest BCUT2D eigenvalue weighted by Crippen LogP contribution is 2.45. The third-order valence-corrected chi connectivity index (χ3v) is 7.67. The van der Waals surface area contributed by atoms with Gasteiger partial charge in [0.25, 0.3) is 0 Å². The lowest BCUT2D eigenvalue weighted by molar-refractivity contribution is -0.125. The van der Waals surface area contributed by atoms with Crippen LogP contribution in [-0.2, 0) is 9.53 Å². The fraction of sp³-hybridized carbons (Fsp3) is 0.375. The average molecular weight is 450 g/mol. The minimum atomic E-state index is -0.0341. The van der Waals surface area contributed by atoms with E-state index < -0.39 is 0 Å². The second-order valence-corrected chi connectivity index (χ2v) is 9.67. The number of fused-ring (bicyclic) bond motifs is 2. The molecule has 2 N–H and O–H groups in total. The van der Waals surface area contributed by atoms with Gasteiger partial charge >= 0.3 is 0 Å². The molecule has 2 aliphatic rings. The van der Waals surface area contributed by atoms with Crippen LogP contribution in [0.2, 0.25) is 0 Å². The predicted molar refractivity (Wildman–Crippen MR) is 128 cm³/mol. The minimum Gasteiger partial charge on any atom is -0.383 e. The molecule has 32 heavy (non-hydrogen) atoms. The zero-order valence-corrected chi connectivity index (χ0v) is 19.4. The summed E-state index contributed by atoms with van der Waals surface area (Å²) in [5.41, 5.74) is 10.8. The molecule has 1 aliphatic carbocycles. The largest absolute Gasteiger partial charge is 0.383 e. The molecule has 7 nitrogen and oxygen atoms in total. The Hall–Kier alpha value is -2.97. The van der Waals surface area contributed by atoms with Crippen molar-refractivity contribution in [1.82, 2.24) is 19.4 Å². The smallest absolute Gasteiger partial charge is 0.246 e. The molecule has 8 heteroatoms. The van der Waals surface area contributed by atoms with Gasteiger partial charge in [0.2, 0.25) is 5.91 Å². The number of likely N-dealkylation sites (tertiary alicyclic amines) is 1. The Kier molecular flexibility index (Phi) is 5.14. The molecule has 4 heterocycles. The first-order valence-corrected chi connectivity index (χ1v) is 11.6. The summed E-state index contributed by atoms with van der Waals surface area (Å²) in [5.74, 6) is 1.09. The molecule has 0 aromatic carbocycles. The van der Waals surface area contributed by atoms with E-state index in [1.807, 2.05) is 11.8 Å². The molecule has 1 amide bonds. The van der Waals surface area contributed by atoms with E-state index in [1.54, 1.807) is 18.4 Å². The van der Waals surface area contributed by atoms with Gasteiger partial charge in [-0.15, -0.1) is 11.3 Å². The molecule has 0 radical (unpaired) electrons. The Labute approximate surface area is 191 Å². The number of hydrogen-bond acceptors (Lipinski definition) is 6.